The molecule has 0 fully saturated rings. The summed E-state index contributed by atoms with van der Waals surface area (Å²) in [6.45, 7) is 2.49. The normalized spacial score (nSPS) is 12.4. The van der Waals surface area contributed by atoms with Crippen LogP contribution in [0.25, 0.3) is 0 Å². The number of nitrogens with zero attached hydrogens (tertiary/aromatic N) is 6. The minimum absolute atomic E-state index is 0.109. The van der Waals surface area contributed by atoms with Crippen molar-refractivity contribution in [3.8, 4) is 0 Å². The molecule has 0 bridgehead atoms. The van der Waals surface area contributed by atoms with Gasteiger partial charge in [-0.15, -0.1) is 5.10 Å². The molecule has 10 nitrogen and oxygen atoms in total. The number of benzene rings is 1. The number of hydrogen-bond donors (Lipinski definition) is 1. The van der Waals surface area contributed by atoms with E-state index in [1.54, 1.807) is 32.4 Å². The Labute approximate surface area is 180 Å². The van der Waals surface area contributed by atoms with E-state index in [4.69, 9.17) is 9.57 Å². The number of amides is 1. The number of rotatable bonds is 10. The molecule has 162 valence electrons. The average Bonchev–Trinajstić information content (AvgIpc) is 3.21. The Bertz CT molecular complexity index is 1020. The Kier molecular flexibility index (Phi) is 7.77. The summed E-state index contributed by atoms with van der Waals surface area (Å²) in [4.78, 5) is 22.3. The van der Waals surface area contributed by atoms with E-state index < -0.39 is 0 Å². The van der Waals surface area contributed by atoms with Crippen LogP contribution >= 0.6 is 0 Å². The van der Waals surface area contributed by atoms with Crippen molar-refractivity contribution in [3.05, 3.63) is 65.6 Å². The Morgan fingerprint density at radius 1 is 1.19 bits per heavy atom. The van der Waals surface area contributed by atoms with Crippen molar-refractivity contribution in [2.24, 2.45) is 18.1 Å². The molecule has 1 atom stereocenters. The minimum Gasteiger partial charge on any atom is -0.389 e. The predicted octanol–water partition coefficient (Wildman–Crippen LogP) is 2.19. The Balaban J connectivity index is 1.68. The molecule has 2 aromatic heterocycles. The number of ether oxygens (including phenoxy) is 1. The lowest BCUT2D eigenvalue weighted by Crippen LogP contribution is -2.22. The van der Waals surface area contributed by atoms with E-state index in [2.05, 4.69) is 31.0 Å². The highest BCUT2D eigenvalue weighted by atomic mass is 16.6. The zero-order chi connectivity index (χ0) is 22.1. The fourth-order valence-electron chi connectivity index (χ4n) is 2.72. The van der Waals surface area contributed by atoms with Crippen LogP contribution in [0.15, 0.2) is 53.7 Å². The molecule has 0 aliphatic rings. The van der Waals surface area contributed by atoms with Crippen LogP contribution < -0.4 is 5.32 Å². The van der Waals surface area contributed by atoms with E-state index in [0.29, 0.717) is 36.1 Å². The number of carbonyl (C=O) groups is 1. The summed E-state index contributed by atoms with van der Waals surface area (Å²) in [5, 5.41) is 18.6. The smallest absolute Gasteiger partial charge is 0.228 e. The van der Waals surface area contributed by atoms with Crippen molar-refractivity contribution in [3.63, 3.8) is 0 Å². The van der Waals surface area contributed by atoms with Gasteiger partial charge in [-0.05, 0) is 29.0 Å². The van der Waals surface area contributed by atoms with E-state index >= 15 is 0 Å². The highest BCUT2D eigenvalue weighted by molar-refractivity contribution is 6.10. The summed E-state index contributed by atoms with van der Waals surface area (Å²) >= 11 is 0. The molecule has 0 aliphatic heterocycles. The zero-order valence-electron chi connectivity index (χ0n) is 17.7. The van der Waals surface area contributed by atoms with Crippen LogP contribution in [0.2, 0.25) is 0 Å². The van der Waals surface area contributed by atoms with Crippen molar-refractivity contribution in [2.45, 2.75) is 20.0 Å². The molecule has 0 spiro atoms. The summed E-state index contributed by atoms with van der Waals surface area (Å²) in [7, 11) is 3.34. The fourth-order valence-corrected chi connectivity index (χ4v) is 2.72. The zero-order valence-corrected chi connectivity index (χ0v) is 17.7. The molecular weight excluding hydrogens is 398 g/mol. The van der Waals surface area contributed by atoms with Gasteiger partial charge in [-0.25, -0.2) is 9.67 Å². The van der Waals surface area contributed by atoms with Gasteiger partial charge in [0.1, 0.15) is 5.82 Å². The first kappa shape index (κ1) is 22.0. The molecule has 2 heterocycles. The molecule has 0 radical (unpaired) electrons. The number of tetrazole rings is 1. The highest BCUT2D eigenvalue weighted by Crippen LogP contribution is 2.12. The van der Waals surface area contributed by atoms with Crippen molar-refractivity contribution >= 4 is 17.4 Å². The molecule has 3 aromatic rings. The molecule has 10 heteroatoms. The number of nitrogens with one attached hydrogen (secondary N) is 1. The molecule has 0 aliphatic carbocycles. The Morgan fingerprint density at radius 2 is 2.00 bits per heavy atom. The lowest BCUT2D eigenvalue weighted by Gasteiger charge is -2.11. The summed E-state index contributed by atoms with van der Waals surface area (Å²) in [6, 6.07) is 14.8. The number of pyridine rings is 1. The SMILES string of the molecule is COCCC(C)C(=O)Nc1cccc(CO/N=C(/c2ccccc2)c2nnnn2C)n1. The van der Waals surface area contributed by atoms with Crippen molar-refractivity contribution in [1.29, 1.82) is 0 Å². The maximum Gasteiger partial charge on any atom is 0.228 e. The highest BCUT2D eigenvalue weighted by Gasteiger charge is 2.15. The molecule has 1 amide bonds. The maximum atomic E-state index is 12.3. The summed E-state index contributed by atoms with van der Waals surface area (Å²) in [5.74, 6) is 0.645. The number of aryl methyl sites for hydroxylation is 1. The van der Waals surface area contributed by atoms with Gasteiger partial charge in [-0.2, -0.15) is 0 Å². The van der Waals surface area contributed by atoms with Gasteiger partial charge < -0.3 is 14.9 Å². The van der Waals surface area contributed by atoms with E-state index in [9.17, 15) is 4.79 Å². The number of carbonyl (C=O) groups excluding carboxylic acids is 1. The number of methoxy groups -OCH3 is 1. The average molecular weight is 423 g/mol. The molecule has 0 saturated heterocycles. The third-order valence-electron chi connectivity index (χ3n) is 4.51. The van der Waals surface area contributed by atoms with Gasteiger partial charge in [-0.1, -0.05) is 48.5 Å². The second kappa shape index (κ2) is 10.9. The van der Waals surface area contributed by atoms with Crippen molar-refractivity contribution < 1.29 is 14.4 Å². The largest absolute Gasteiger partial charge is 0.389 e. The van der Waals surface area contributed by atoms with Crippen molar-refractivity contribution in [1.82, 2.24) is 25.2 Å². The molecule has 1 aromatic carbocycles. The lowest BCUT2D eigenvalue weighted by molar-refractivity contribution is -0.119. The minimum atomic E-state index is -0.181. The first-order valence-electron chi connectivity index (χ1n) is 9.82. The third kappa shape index (κ3) is 6.16. The van der Waals surface area contributed by atoms with E-state index in [0.717, 1.165) is 5.56 Å². The molecule has 0 saturated carbocycles. The molecule has 3 rings (SSSR count). The molecular formula is C21H25N7O3. The standard InChI is InChI=1S/C21H25N7O3/c1-15(12-13-30-3)21(29)23-18-11-7-10-17(22-18)14-31-25-19(16-8-5-4-6-9-16)20-24-26-27-28(20)2/h4-11,15H,12-14H2,1-3H3,(H,22,23,29)/b25-19-. The number of hydrogen-bond acceptors (Lipinski definition) is 8. The van der Waals surface area contributed by atoms with Gasteiger partial charge in [-0.3, -0.25) is 4.79 Å². The predicted molar refractivity (Wildman–Crippen MR) is 114 cm³/mol. The fraction of sp³-hybridized carbons (Fsp3) is 0.333. The number of oxime groups is 1. The van der Waals surface area contributed by atoms with Crippen molar-refractivity contribution in [2.75, 3.05) is 19.0 Å². The van der Waals surface area contributed by atoms with Gasteiger partial charge in [0.2, 0.25) is 11.7 Å². The van der Waals surface area contributed by atoms with Crippen LogP contribution in [0, 0.1) is 5.92 Å². The maximum absolute atomic E-state index is 12.3. The quantitative estimate of drug-likeness (QED) is 0.392. The van der Waals surface area contributed by atoms with Crippen LogP contribution in [0.4, 0.5) is 5.82 Å². The van der Waals surface area contributed by atoms with Crippen LogP contribution in [0.5, 0.6) is 0 Å². The molecule has 31 heavy (non-hydrogen) atoms. The van der Waals surface area contributed by atoms with E-state index in [-0.39, 0.29) is 18.4 Å². The van der Waals surface area contributed by atoms with Gasteiger partial charge in [0, 0.05) is 32.2 Å². The monoisotopic (exact) mass is 423 g/mol. The number of anilines is 1. The first-order chi connectivity index (χ1) is 15.1. The lowest BCUT2D eigenvalue weighted by atomic mass is 10.1. The van der Waals surface area contributed by atoms with E-state index in [1.807, 2.05) is 37.3 Å². The molecule has 1 N–H and O–H groups in total. The molecule has 1 unspecified atom stereocenters. The Morgan fingerprint density at radius 3 is 2.71 bits per heavy atom. The second-order valence-corrected chi connectivity index (χ2v) is 6.89. The van der Waals surface area contributed by atoms with Gasteiger partial charge in [0.05, 0.1) is 5.69 Å². The topological polar surface area (TPSA) is 116 Å². The van der Waals surface area contributed by atoms with Crippen LogP contribution in [-0.4, -0.2) is 50.5 Å². The van der Waals surface area contributed by atoms with E-state index in [1.165, 1.54) is 4.68 Å². The van der Waals surface area contributed by atoms with Crippen LogP contribution in [0.1, 0.15) is 30.4 Å². The van der Waals surface area contributed by atoms with Gasteiger partial charge in [0.25, 0.3) is 0 Å². The third-order valence-corrected chi connectivity index (χ3v) is 4.51. The second-order valence-electron chi connectivity index (χ2n) is 6.89. The van der Waals surface area contributed by atoms with Crippen LogP contribution in [0.3, 0.4) is 0 Å². The summed E-state index contributed by atoms with van der Waals surface area (Å²) < 4.78 is 6.55. The van der Waals surface area contributed by atoms with Gasteiger partial charge >= 0.3 is 0 Å². The Hall–Kier alpha value is -3.66. The number of aromatic nitrogens is 5. The summed E-state index contributed by atoms with van der Waals surface area (Å²) in [6.07, 6.45) is 0.638. The van der Waals surface area contributed by atoms with Crippen LogP contribution in [-0.2, 0) is 28.0 Å². The summed E-state index contributed by atoms with van der Waals surface area (Å²) in [5.41, 5.74) is 1.94. The first-order valence-corrected chi connectivity index (χ1v) is 9.82. The van der Waals surface area contributed by atoms with Gasteiger partial charge in [0.15, 0.2) is 12.3 Å².